The summed E-state index contributed by atoms with van der Waals surface area (Å²) in [7, 11) is 1.69. The van der Waals surface area contributed by atoms with Crippen LogP contribution in [0, 0.1) is 6.92 Å². The highest BCUT2D eigenvalue weighted by Gasteiger charge is 2.20. The average Bonchev–Trinajstić information content (AvgIpc) is 3.30. The van der Waals surface area contributed by atoms with Crippen molar-refractivity contribution >= 4 is 0 Å². The predicted octanol–water partition coefficient (Wildman–Crippen LogP) is 2.71. The number of rotatable bonds is 5. The lowest BCUT2D eigenvalue weighted by molar-refractivity contribution is 0.416. The summed E-state index contributed by atoms with van der Waals surface area (Å²) in [4.78, 5) is 8.97. The van der Waals surface area contributed by atoms with Crippen LogP contribution >= 0.6 is 0 Å². The van der Waals surface area contributed by atoms with Gasteiger partial charge in [0.25, 0.3) is 0 Å². The van der Waals surface area contributed by atoms with Gasteiger partial charge in [-0.25, -0.2) is 9.97 Å². The lowest BCUT2D eigenvalue weighted by Crippen LogP contribution is -2.17. The molecule has 0 atom stereocenters. The summed E-state index contributed by atoms with van der Waals surface area (Å²) in [6.45, 7) is 2.80. The number of aryl methyl sites for hydroxylation is 1. The molecule has 1 aromatic heterocycles. The Kier molecular flexibility index (Phi) is 3.65. The summed E-state index contributed by atoms with van der Waals surface area (Å²) in [5.74, 6) is 1.67. The smallest absolute Gasteiger partial charge is 0.142 e. The van der Waals surface area contributed by atoms with Crippen molar-refractivity contribution in [1.29, 1.82) is 0 Å². The number of nitrogens with zero attached hydrogens (tertiary/aromatic N) is 2. The van der Waals surface area contributed by atoms with Gasteiger partial charge in [0.05, 0.1) is 19.3 Å². The molecule has 1 aliphatic carbocycles. The summed E-state index contributed by atoms with van der Waals surface area (Å²) >= 11 is 0. The summed E-state index contributed by atoms with van der Waals surface area (Å²) in [5, 5.41) is 3.44. The minimum Gasteiger partial charge on any atom is -0.496 e. The molecule has 104 valence electrons. The van der Waals surface area contributed by atoms with E-state index < -0.39 is 0 Å². The Labute approximate surface area is 119 Å². The average molecular weight is 269 g/mol. The van der Waals surface area contributed by atoms with Crippen molar-refractivity contribution < 1.29 is 4.74 Å². The van der Waals surface area contributed by atoms with Crippen LogP contribution in [0.15, 0.2) is 30.5 Å². The second-order valence-electron chi connectivity index (χ2n) is 5.22. The van der Waals surface area contributed by atoms with E-state index in [9.17, 15) is 0 Å². The molecular weight excluding hydrogens is 250 g/mol. The molecule has 1 N–H and O–H groups in total. The maximum absolute atomic E-state index is 5.43. The van der Waals surface area contributed by atoms with E-state index in [1.807, 2.05) is 24.4 Å². The van der Waals surface area contributed by atoms with E-state index in [4.69, 9.17) is 4.74 Å². The number of hydrogen-bond acceptors (Lipinski definition) is 4. The van der Waals surface area contributed by atoms with Gasteiger partial charge in [0, 0.05) is 17.8 Å². The molecule has 0 radical (unpaired) electrons. The first-order valence-corrected chi connectivity index (χ1v) is 6.96. The molecular formula is C16H19N3O. The van der Waals surface area contributed by atoms with Crippen LogP contribution in [-0.4, -0.2) is 23.1 Å². The molecule has 20 heavy (non-hydrogen) atoms. The van der Waals surface area contributed by atoms with Gasteiger partial charge in [-0.15, -0.1) is 0 Å². The van der Waals surface area contributed by atoms with Crippen molar-refractivity contribution in [3.05, 3.63) is 41.9 Å². The lowest BCUT2D eigenvalue weighted by Gasteiger charge is -2.10. The summed E-state index contributed by atoms with van der Waals surface area (Å²) in [6.07, 6.45) is 4.35. The number of nitrogens with one attached hydrogen (secondary N) is 1. The van der Waals surface area contributed by atoms with Gasteiger partial charge in [-0.1, -0.05) is 11.6 Å². The van der Waals surface area contributed by atoms with Gasteiger partial charge in [-0.05, 0) is 38.0 Å². The molecule has 0 bridgehead atoms. The van der Waals surface area contributed by atoms with Crippen LogP contribution < -0.4 is 10.1 Å². The first-order chi connectivity index (χ1) is 9.76. The van der Waals surface area contributed by atoms with Crippen LogP contribution in [0.5, 0.6) is 5.75 Å². The van der Waals surface area contributed by atoms with Crippen molar-refractivity contribution in [2.75, 3.05) is 7.11 Å². The van der Waals surface area contributed by atoms with Crippen molar-refractivity contribution in [2.24, 2.45) is 0 Å². The molecule has 1 aromatic carbocycles. The highest BCUT2D eigenvalue weighted by atomic mass is 16.5. The zero-order valence-corrected chi connectivity index (χ0v) is 11.9. The highest BCUT2D eigenvalue weighted by Crippen LogP contribution is 2.29. The quantitative estimate of drug-likeness (QED) is 0.906. The van der Waals surface area contributed by atoms with Crippen LogP contribution in [0.4, 0.5) is 0 Å². The fraction of sp³-hybridized carbons (Fsp3) is 0.375. The van der Waals surface area contributed by atoms with Crippen LogP contribution in [0.2, 0.25) is 0 Å². The maximum Gasteiger partial charge on any atom is 0.142 e. The minimum absolute atomic E-state index is 0.663. The van der Waals surface area contributed by atoms with Gasteiger partial charge >= 0.3 is 0 Å². The summed E-state index contributed by atoms with van der Waals surface area (Å²) in [5.41, 5.74) is 3.12. The molecule has 3 rings (SSSR count). The van der Waals surface area contributed by atoms with E-state index in [1.54, 1.807) is 7.11 Å². The van der Waals surface area contributed by atoms with E-state index in [2.05, 4.69) is 28.3 Å². The van der Waals surface area contributed by atoms with E-state index in [-0.39, 0.29) is 0 Å². The molecule has 4 nitrogen and oxygen atoms in total. The normalized spacial score (nSPS) is 14.3. The molecule has 0 spiro atoms. The predicted molar refractivity (Wildman–Crippen MR) is 78.6 cm³/mol. The first-order valence-electron chi connectivity index (χ1n) is 6.96. The standard InChI is InChI=1S/C16H19N3O/c1-11-3-6-15(20-2)13(9-11)14-7-8-17-16(19-14)10-18-12-4-5-12/h3,6-9,12,18H,4-5,10H2,1-2H3. The van der Waals surface area contributed by atoms with E-state index in [0.717, 1.165) is 29.4 Å². The molecule has 1 saturated carbocycles. The van der Waals surface area contributed by atoms with Crippen LogP contribution in [-0.2, 0) is 6.54 Å². The fourth-order valence-electron chi connectivity index (χ4n) is 2.18. The third-order valence-corrected chi connectivity index (χ3v) is 3.46. The minimum atomic E-state index is 0.663. The molecule has 0 aliphatic heterocycles. The number of methoxy groups -OCH3 is 1. The molecule has 1 heterocycles. The molecule has 1 aliphatic rings. The Morgan fingerprint density at radius 1 is 1.30 bits per heavy atom. The van der Waals surface area contributed by atoms with E-state index in [1.165, 1.54) is 18.4 Å². The Morgan fingerprint density at radius 3 is 2.90 bits per heavy atom. The fourth-order valence-corrected chi connectivity index (χ4v) is 2.18. The largest absolute Gasteiger partial charge is 0.496 e. The zero-order valence-electron chi connectivity index (χ0n) is 11.9. The highest BCUT2D eigenvalue weighted by molar-refractivity contribution is 5.67. The molecule has 0 saturated heterocycles. The number of aromatic nitrogens is 2. The van der Waals surface area contributed by atoms with Crippen LogP contribution in [0.25, 0.3) is 11.3 Å². The SMILES string of the molecule is COc1ccc(C)cc1-c1ccnc(CNC2CC2)n1. The summed E-state index contributed by atoms with van der Waals surface area (Å²) in [6, 6.07) is 8.71. The monoisotopic (exact) mass is 269 g/mol. The first kappa shape index (κ1) is 13.1. The Balaban J connectivity index is 1.88. The Morgan fingerprint density at radius 2 is 2.15 bits per heavy atom. The van der Waals surface area contributed by atoms with Gasteiger partial charge < -0.3 is 10.1 Å². The number of benzene rings is 1. The number of ether oxygens (including phenoxy) is 1. The molecule has 4 heteroatoms. The zero-order chi connectivity index (χ0) is 13.9. The maximum atomic E-state index is 5.43. The van der Waals surface area contributed by atoms with Crippen LogP contribution in [0.1, 0.15) is 24.2 Å². The lowest BCUT2D eigenvalue weighted by atomic mass is 10.1. The van der Waals surface area contributed by atoms with Crippen molar-refractivity contribution in [1.82, 2.24) is 15.3 Å². The molecule has 1 fully saturated rings. The van der Waals surface area contributed by atoms with Gasteiger partial charge in [-0.3, -0.25) is 0 Å². The third-order valence-electron chi connectivity index (χ3n) is 3.46. The second kappa shape index (κ2) is 5.59. The van der Waals surface area contributed by atoms with E-state index in [0.29, 0.717) is 6.04 Å². The molecule has 0 amide bonds. The Bertz CT molecular complexity index is 608. The van der Waals surface area contributed by atoms with Crippen molar-refractivity contribution in [3.63, 3.8) is 0 Å². The van der Waals surface area contributed by atoms with Gasteiger partial charge in [0.15, 0.2) is 0 Å². The third kappa shape index (κ3) is 2.96. The summed E-state index contributed by atoms with van der Waals surface area (Å²) < 4.78 is 5.43. The van der Waals surface area contributed by atoms with Gasteiger partial charge in [0.1, 0.15) is 11.6 Å². The second-order valence-corrected chi connectivity index (χ2v) is 5.22. The van der Waals surface area contributed by atoms with Crippen molar-refractivity contribution in [3.8, 4) is 17.0 Å². The topological polar surface area (TPSA) is 47.0 Å². The van der Waals surface area contributed by atoms with Crippen molar-refractivity contribution in [2.45, 2.75) is 32.4 Å². The number of hydrogen-bond donors (Lipinski definition) is 1. The van der Waals surface area contributed by atoms with Gasteiger partial charge in [0.2, 0.25) is 0 Å². The molecule has 0 unspecified atom stereocenters. The van der Waals surface area contributed by atoms with E-state index >= 15 is 0 Å². The molecule has 2 aromatic rings. The van der Waals surface area contributed by atoms with Gasteiger partial charge in [-0.2, -0.15) is 0 Å². The van der Waals surface area contributed by atoms with Crippen LogP contribution in [0.3, 0.4) is 0 Å². The Hall–Kier alpha value is -1.94.